The molecule has 0 radical (unpaired) electrons. The van der Waals surface area contributed by atoms with Crippen molar-refractivity contribution in [1.29, 1.82) is 0 Å². The molecule has 0 aromatic heterocycles. The van der Waals surface area contributed by atoms with Crippen LogP contribution in [0.5, 0.6) is 5.75 Å². The molecule has 3 rings (SSSR count). The number of nitrogens with zero attached hydrogens (tertiary/aromatic N) is 2. The minimum atomic E-state index is -0.705. The van der Waals surface area contributed by atoms with Crippen LogP contribution in [0, 0.1) is 0 Å². The van der Waals surface area contributed by atoms with Crippen molar-refractivity contribution >= 4 is 23.6 Å². The van der Waals surface area contributed by atoms with E-state index in [0.717, 1.165) is 5.56 Å². The number of fused-ring (bicyclic) bond motifs is 1. The van der Waals surface area contributed by atoms with Gasteiger partial charge in [-0.05, 0) is 63.9 Å². The first-order valence-corrected chi connectivity index (χ1v) is 11.7. The summed E-state index contributed by atoms with van der Waals surface area (Å²) >= 11 is 0. The molecule has 0 bridgehead atoms. The maximum Gasteiger partial charge on any atom is 0.261 e. The Bertz CT molecular complexity index is 1070. The van der Waals surface area contributed by atoms with Crippen LogP contribution in [-0.2, 0) is 16.1 Å². The Balaban J connectivity index is 1.69. The van der Waals surface area contributed by atoms with Crippen LogP contribution in [-0.4, -0.2) is 58.7 Å². The van der Waals surface area contributed by atoms with E-state index < -0.39 is 11.6 Å². The Kier molecular flexibility index (Phi) is 7.94. The molecule has 186 valence electrons. The van der Waals surface area contributed by atoms with E-state index in [-0.39, 0.29) is 43.1 Å². The summed E-state index contributed by atoms with van der Waals surface area (Å²) < 4.78 is 5.20. The lowest BCUT2D eigenvalue weighted by Gasteiger charge is -2.31. The second kappa shape index (κ2) is 10.7. The average Bonchev–Trinajstić information content (AvgIpc) is 3.06. The van der Waals surface area contributed by atoms with Gasteiger partial charge < -0.3 is 15.0 Å². The lowest BCUT2D eigenvalue weighted by molar-refractivity contribution is -0.141. The van der Waals surface area contributed by atoms with Crippen molar-refractivity contribution in [3.63, 3.8) is 0 Å². The number of nitrogens with one attached hydrogen (secondary N) is 1. The number of benzene rings is 2. The van der Waals surface area contributed by atoms with Crippen LogP contribution in [0.1, 0.15) is 66.8 Å². The maximum absolute atomic E-state index is 13.3. The highest BCUT2D eigenvalue weighted by molar-refractivity contribution is 6.21. The van der Waals surface area contributed by atoms with Gasteiger partial charge in [0.1, 0.15) is 11.8 Å². The molecule has 8 nitrogen and oxygen atoms in total. The van der Waals surface area contributed by atoms with Gasteiger partial charge >= 0.3 is 0 Å². The lowest BCUT2D eigenvalue weighted by atomic mass is 10.1. The molecule has 0 spiro atoms. The molecular weight excluding hydrogens is 446 g/mol. The second-order valence-electron chi connectivity index (χ2n) is 9.70. The Morgan fingerprint density at radius 3 is 2.09 bits per heavy atom. The molecule has 0 aliphatic carbocycles. The Labute approximate surface area is 206 Å². The van der Waals surface area contributed by atoms with Crippen LogP contribution in [0.2, 0.25) is 0 Å². The van der Waals surface area contributed by atoms with Crippen molar-refractivity contribution < 1.29 is 23.9 Å². The first-order valence-electron chi connectivity index (χ1n) is 11.7. The molecule has 0 unspecified atom stereocenters. The van der Waals surface area contributed by atoms with Crippen molar-refractivity contribution in [2.75, 3.05) is 13.7 Å². The lowest BCUT2D eigenvalue weighted by Crippen LogP contribution is -2.52. The van der Waals surface area contributed by atoms with E-state index >= 15 is 0 Å². The minimum absolute atomic E-state index is 0.0939. The van der Waals surface area contributed by atoms with Gasteiger partial charge in [-0.15, -0.1) is 0 Å². The van der Waals surface area contributed by atoms with Crippen molar-refractivity contribution in [2.45, 2.75) is 58.7 Å². The first kappa shape index (κ1) is 25.9. The molecule has 8 heteroatoms. The normalized spacial score (nSPS) is 13.9. The number of hydrogen-bond acceptors (Lipinski definition) is 5. The highest BCUT2D eigenvalue weighted by Gasteiger charge is 2.35. The molecule has 1 aliphatic heterocycles. The minimum Gasteiger partial charge on any atom is -0.497 e. The molecule has 1 atom stereocenters. The summed E-state index contributed by atoms with van der Waals surface area (Å²) in [5.74, 6) is -0.461. The van der Waals surface area contributed by atoms with Gasteiger partial charge in [0.15, 0.2) is 0 Å². The third-order valence-corrected chi connectivity index (χ3v) is 5.83. The van der Waals surface area contributed by atoms with Gasteiger partial charge in [-0.25, -0.2) is 0 Å². The van der Waals surface area contributed by atoms with Crippen molar-refractivity contribution in [1.82, 2.24) is 15.1 Å². The van der Waals surface area contributed by atoms with Crippen LogP contribution >= 0.6 is 0 Å². The van der Waals surface area contributed by atoms with E-state index in [1.807, 2.05) is 32.9 Å². The highest BCUT2D eigenvalue weighted by atomic mass is 16.5. The largest absolute Gasteiger partial charge is 0.497 e. The van der Waals surface area contributed by atoms with Crippen molar-refractivity contribution in [3.05, 3.63) is 65.2 Å². The zero-order chi connectivity index (χ0) is 25.8. The average molecular weight is 480 g/mol. The molecule has 1 heterocycles. The smallest absolute Gasteiger partial charge is 0.261 e. The molecule has 35 heavy (non-hydrogen) atoms. The van der Waals surface area contributed by atoms with Gasteiger partial charge in [-0.3, -0.25) is 24.1 Å². The summed E-state index contributed by atoms with van der Waals surface area (Å²) in [6.07, 6.45) is 0.397. The fourth-order valence-corrected chi connectivity index (χ4v) is 3.96. The summed E-state index contributed by atoms with van der Waals surface area (Å²) in [7, 11) is 1.58. The maximum atomic E-state index is 13.3. The summed E-state index contributed by atoms with van der Waals surface area (Å²) in [4.78, 5) is 54.0. The van der Waals surface area contributed by atoms with E-state index in [9.17, 15) is 19.2 Å². The second-order valence-corrected chi connectivity index (χ2v) is 9.70. The fourth-order valence-electron chi connectivity index (χ4n) is 3.96. The molecule has 1 N–H and O–H groups in total. The number of methoxy groups -OCH3 is 1. The van der Waals surface area contributed by atoms with Gasteiger partial charge in [0.05, 0.1) is 18.2 Å². The van der Waals surface area contributed by atoms with Gasteiger partial charge in [0.2, 0.25) is 11.8 Å². The zero-order valence-corrected chi connectivity index (χ0v) is 21.0. The summed E-state index contributed by atoms with van der Waals surface area (Å²) in [5, 5.41) is 2.93. The molecule has 0 saturated carbocycles. The van der Waals surface area contributed by atoms with Crippen LogP contribution in [0.15, 0.2) is 48.5 Å². The molecular formula is C27H33N3O5. The van der Waals surface area contributed by atoms with Crippen molar-refractivity contribution in [2.24, 2.45) is 0 Å². The number of imide groups is 1. The zero-order valence-electron chi connectivity index (χ0n) is 21.0. The van der Waals surface area contributed by atoms with E-state index in [1.54, 1.807) is 50.4 Å². The predicted molar refractivity (Wildman–Crippen MR) is 132 cm³/mol. The monoisotopic (exact) mass is 479 g/mol. The Morgan fingerprint density at radius 2 is 1.57 bits per heavy atom. The van der Waals surface area contributed by atoms with E-state index in [2.05, 4.69) is 5.32 Å². The number of hydrogen-bond donors (Lipinski definition) is 1. The standard InChI is InChI=1S/C27H33N3O5/c1-18(24(32)28-27(2,3)4)30(17-19-12-14-20(35-5)15-13-19)23(31)11-8-16-29-25(33)21-9-6-7-10-22(21)26(29)34/h6-7,9-10,12-15,18H,8,11,16-17H2,1-5H3,(H,28,32)/t18-/m1/s1. The summed E-state index contributed by atoms with van der Waals surface area (Å²) in [5.41, 5.74) is 1.19. The number of carbonyl (C=O) groups excluding carboxylic acids is 4. The van der Waals surface area contributed by atoms with E-state index in [0.29, 0.717) is 23.3 Å². The molecule has 2 aromatic carbocycles. The molecule has 0 fully saturated rings. The van der Waals surface area contributed by atoms with Crippen LogP contribution in [0.4, 0.5) is 0 Å². The Morgan fingerprint density at radius 1 is 1.00 bits per heavy atom. The van der Waals surface area contributed by atoms with Gasteiger partial charge in [-0.2, -0.15) is 0 Å². The van der Waals surface area contributed by atoms with Crippen LogP contribution in [0.25, 0.3) is 0 Å². The van der Waals surface area contributed by atoms with E-state index in [4.69, 9.17) is 4.74 Å². The number of amides is 4. The molecule has 4 amide bonds. The third-order valence-electron chi connectivity index (χ3n) is 5.83. The van der Waals surface area contributed by atoms with Gasteiger partial charge in [0, 0.05) is 25.0 Å². The first-order chi connectivity index (χ1) is 16.5. The van der Waals surface area contributed by atoms with Gasteiger partial charge in [0.25, 0.3) is 11.8 Å². The Hall–Kier alpha value is -3.68. The molecule has 0 saturated heterocycles. The SMILES string of the molecule is COc1ccc(CN(C(=O)CCCN2C(=O)c3ccccc3C2=O)[C@H](C)C(=O)NC(C)(C)C)cc1. The topological polar surface area (TPSA) is 96.0 Å². The fraction of sp³-hybridized carbons (Fsp3) is 0.407. The highest BCUT2D eigenvalue weighted by Crippen LogP contribution is 2.23. The van der Waals surface area contributed by atoms with Gasteiger partial charge in [-0.1, -0.05) is 24.3 Å². The quantitative estimate of drug-likeness (QED) is 0.556. The molecule has 2 aromatic rings. The van der Waals surface area contributed by atoms with E-state index in [1.165, 1.54) is 9.80 Å². The van der Waals surface area contributed by atoms with Crippen LogP contribution < -0.4 is 10.1 Å². The number of ether oxygens (including phenoxy) is 1. The summed E-state index contributed by atoms with van der Waals surface area (Å²) in [6, 6.07) is 13.3. The molecule has 1 aliphatic rings. The third kappa shape index (κ3) is 6.26. The number of carbonyl (C=O) groups is 4. The summed E-state index contributed by atoms with van der Waals surface area (Å²) in [6.45, 7) is 7.73. The number of rotatable bonds is 9. The van der Waals surface area contributed by atoms with Crippen LogP contribution in [0.3, 0.4) is 0 Å². The van der Waals surface area contributed by atoms with Crippen molar-refractivity contribution in [3.8, 4) is 5.75 Å². The predicted octanol–water partition coefficient (Wildman–Crippen LogP) is 3.40.